The summed E-state index contributed by atoms with van der Waals surface area (Å²) in [6.45, 7) is 1.72. The van der Waals surface area contributed by atoms with Gasteiger partial charge in [-0.25, -0.2) is 4.99 Å². The molecule has 2 rings (SSSR count). The number of methoxy groups -OCH3 is 1. The minimum absolute atomic E-state index is 0.00604. The second kappa shape index (κ2) is 12.0. The zero-order chi connectivity index (χ0) is 22.8. The second-order valence-electron chi connectivity index (χ2n) is 6.50. The normalized spacial score (nSPS) is 12.5. The van der Waals surface area contributed by atoms with Crippen LogP contribution in [0, 0.1) is 5.41 Å². The summed E-state index contributed by atoms with van der Waals surface area (Å²) in [5, 5.41) is 17.5. The van der Waals surface area contributed by atoms with Crippen LogP contribution in [0.25, 0.3) is 0 Å². The molecule has 0 aliphatic rings. The van der Waals surface area contributed by atoms with Crippen LogP contribution in [0.2, 0.25) is 0 Å². The maximum atomic E-state index is 10.8. The molecule has 0 aliphatic heterocycles. The maximum absolute atomic E-state index is 10.8. The highest BCUT2D eigenvalue weighted by atomic mass is 35.5. The number of halogens is 1. The molecular formula is C23H24ClN3O3S. The molecule has 0 atom stereocenters. The summed E-state index contributed by atoms with van der Waals surface area (Å²) in [5.74, 6) is 0.229. The number of nitrogens with one attached hydrogen (secondary N) is 1. The van der Waals surface area contributed by atoms with E-state index in [1.807, 2.05) is 36.4 Å². The average Bonchev–Trinajstić information content (AvgIpc) is 2.73. The van der Waals surface area contributed by atoms with E-state index in [4.69, 9.17) is 32.6 Å². The van der Waals surface area contributed by atoms with Crippen molar-refractivity contribution in [2.24, 2.45) is 10.7 Å². The number of benzene rings is 2. The number of aliphatic imine (C=N–C) groups is 1. The first-order valence-corrected chi connectivity index (χ1v) is 10.8. The lowest BCUT2D eigenvalue weighted by Crippen LogP contribution is -2.04. The summed E-state index contributed by atoms with van der Waals surface area (Å²) in [4.78, 5) is 15.1. The van der Waals surface area contributed by atoms with Gasteiger partial charge >= 0.3 is 5.97 Å². The van der Waals surface area contributed by atoms with Crippen molar-refractivity contribution < 1.29 is 14.6 Å². The molecule has 162 valence electrons. The van der Waals surface area contributed by atoms with Gasteiger partial charge in [0.15, 0.2) is 0 Å². The van der Waals surface area contributed by atoms with Gasteiger partial charge in [-0.3, -0.25) is 4.79 Å². The quantitative estimate of drug-likeness (QED) is 0.338. The Morgan fingerprint density at radius 1 is 1.26 bits per heavy atom. The SMILES string of the molecule is COc1ccc(C(=N)/C=C/C(C(Cl)=Nc2ccccc2)=C(\C)N)cc1CSCC(=O)O. The molecule has 0 heterocycles. The van der Waals surface area contributed by atoms with E-state index in [0.29, 0.717) is 34.0 Å². The zero-order valence-corrected chi connectivity index (χ0v) is 18.8. The average molecular weight is 458 g/mol. The molecule has 31 heavy (non-hydrogen) atoms. The number of aliphatic carboxylic acids is 1. The van der Waals surface area contributed by atoms with Crippen LogP contribution < -0.4 is 10.5 Å². The van der Waals surface area contributed by atoms with Crippen molar-refractivity contribution in [1.82, 2.24) is 0 Å². The van der Waals surface area contributed by atoms with Crippen molar-refractivity contribution in [3.63, 3.8) is 0 Å². The molecule has 2 aromatic rings. The van der Waals surface area contributed by atoms with E-state index in [-0.39, 0.29) is 16.6 Å². The molecule has 0 bridgehead atoms. The monoisotopic (exact) mass is 457 g/mol. The lowest BCUT2D eigenvalue weighted by Gasteiger charge is -2.10. The molecule has 0 saturated carbocycles. The minimum Gasteiger partial charge on any atom is -0.496 e. The van der Waals surface area contributed by atoms with Gasteiger partial charge in [-0.2, -0.15) is 0 Å². The van der Waals surface area contributed by atoms with Crippen molar-refractivity contribution in [1.29, 1.82) is 5.41 Å². The highest BCUT2D eigenvalue weighted by Gasteiger charge is 2.09. The number of nitrogens with two attached hydrogens (primary N) is 1. The largest absolute Gasteiger partial charge is 0.496 e. The van der Waals surface area contributed by atoms with Crippen LogP contribution >= 0.6 is 23.4 Å². The fourth-order valence-corrected chi connectivity index (χ4v) is 3.64. The smallest absolute Gasteiger partial charge is 0.313 e. The van der Waals surface area contributed by atoms with Gasteiger partial charge in [-0.15, -0.1) is 11.8 Å². The fourth-order valence-electron chi connectivity index (χ4n) is 2.61. The number of carboxylic acids is 1. The highest BCUT2D eigenvalue weighted by Crippen LogP contribution is 2.25. The Kier molecular flexibility index (Phi) is 9.37. The maximum Gasteiger partial charge on any atom is 0.313 e. The van der Waals surface area contributed by atoms with Gasteiger partial charge in [0.05, 0.1) is 24.3 Å². The van der Waals surface area contributed by atoms with Crippen LogP contribution in [0.1, 0.15) is 18.1 Å². The molecular weight excluding hydrogens is 434 g/mol. The Morgan fingerprint density at radius 3 is 2.58 bits per heavy atom. The van der Waals surface area contributed by atoms with Gasteiger partial charge in [0.25, 0.3) is 0 Å². The third-order valence-electron chi connectivity index (χ3n) is 4.12. The van der Waals surface area contributed by atoms with Gasteiger partial charge < -0.3 is 21.0 Å². The molecule has 0 saturated heterocycles. The van der Waals surface area contributed by atoms with Crippen LogP contribution in [-0.4, -0.2) is 34.8 Å². The number of rotatable bonds is 10. The third kappa shape index (κ3) is 7.62. The Morgan fingerprint density at radius 2 is 1.97 bits per heavy atom. The van der Waals surface area contributed by atoms with Crippen molar-refractivity contribution >= 4 is 45.9 Å². The Bertz CT molecular complexity index is 1030. The van der Waals surface area contributed by atoms with Crippen LogP contribution in [-0.2, 0) is 10.5 Å². The molecule has 0 aliphatic carbocycles. The van der Waals surface area contributed by atoms with Crippen molar-refractivity contribution in [3.05, 3.63) is 83.1 Å². The lowest BCUT2D eigenvalue weighted by molar-refractivity contribution is -0.133. The second-order valence-corrected chi connectivity index (χ2v) is 7.84. The third-order valence-corrected chi connectivity index (χ3v) is 5.38. The van der Waals surface area contributed by atoms with Crippen LogP contribution in [0.4, 0.5) is 5.69 Å². The number of hydrogen-bond donors (Lipinski definition) is 3. The summed E-state index contributed by atoms with van der Waals surface area (Å²) in [7, 11) is 1.56. The van der Waals surface area contributed by atoms with Gasteiger partial charge in [0.1, 0.15) is 10.9 Å². The summed E-state index contributed by atoms with van der Waals surface area (Å²) in [6.07, 6.45) is 3.26. The van der Waals surface area contributed by atoms with Crippen LogP contribution in [0.15, 0.2) is 76.9 Å². The summed E-state index contributed by atoms with van der Waals surface area (Å²) < 4.78 is 5.35. The number of thioether (sulfide) groups is 1. The van der Waals surface area contributed by atoms with E-state index in [2.05, 4.69) is 4.99 Å². The van der Waals surface area contributed by atoms with E-state index < -0.39 is 5.97 Å². The Labute approximate surface area is 191 Å². The molecule has 0 fully saturated rings. The molecule has 0 unspecified atom stereocenters. The predicted molar refractivity (Wildman–Crippen MR) is 129 cm³/mol. The number of nitrogens with zero attached hydrogens (tertiary/aromatic N) is 1. The van der Waals surface area contributed by atoms with Gasteiger partial charge in [0, 0.05) is 22.6 Å². The Balaban J connectivity index is 2.22. The van der Waals surface area contributed by atoms with Gasteiger partial charge in [-0.1, -0.05) is 29.8 Å². The van der Waals surface area contributed by atoms with E-state index in [1.54, 1.807) is 38.3 Å². The summed E-state index contributed by atoms with van der Waals surface area (Å²) in [6, 6.07) is 14.6. The lowest BCUT2D eigenvalue weighted by atomic mass is 10.0. The predicted octanol–water partition coefficient (Wildman–Crippen LogP) is 5.14. The zero-order valence-electron chi connectivity index (χ0n) is 17.3. The van der Waals surface area contributed by atoms with Crippen LogP contribution in [0.3, 0.4) is 0 Å². The molecule has 0 spiro atoms. The number of carboxylic acid groups (broad SMARTS) is 1. The number of ether oxygens (including phenoxy) is 1. The van der Waals surface area contributed by atoms with Gasteiger partial charge in [0.2, 0.25) is 0 Å². The topological polar surface area (TPSA) is 109 Å². The Hall–Kier alpha value is -3.03. The van der Waals surface area contributed by atoms with Crippen molar-refractivity contribution in [2.45, 2.75) is 12.7 Å². The number of hydrogen-bond acceptors (Lipinski definition) is 6. The molecule has 8 heteroatoms. The molecule has 2 aromatic carbocycles. The molecule has 0 radical (unpaired) electrons. The van der Waals surface area contributed by atoms with Gasteiger partial charge in [-0.05, 0) is 55.0 Å². The van der Waals surface area contributed by atoms with E-state index in [1.165, 1.54) is 11.8 Å². The van der Waals surface area contributed by atoms with Crippen LogP contribution in [0.5, 0.6) is 5.75 Å². The summed E-state index contributed by atoms with van der Waals surface area (Å²) >= 11 is 7.64. The summed E-state index contributed by atoms with van der Waals surface area (Å²) in [5.41, 5.74) is 9.42. The first-order valence-electron chi connectivity index (χ1n) is 9.31. The molecule has 6 nitrogen and oxygen atoms in total. The minimum atomic E-state index is -0.874. The number of carbonyl (C=O) groups is 1. The first kappa shape index (κ1) is 24.2. The molecule has 0 aromatic heterocycles. The standard InChI is InChI=1S/C23H24ClN3O3S/c1-15(25)19(23(24)27-18-6-4-3-5-7-18)9-10-20(26)16-8-11-21(30-2)17(12-16)13-31-14-22(28)29/h3-12,26H,13-14,25H2,1-2H3,(H,28,29)/b10-9+,19-15-,26-20?,27-23?. The fraction of sp³-hybridized carbons (Fsp3) is 0.174. The van der Waals surface area contributed by atoms with Crippen molar-refractivity contribution in [3.8, 4) is 5.75 Å². The molecule has 4 N–H and O–H groups in total. The number of para-hydroxylation sites is 1. The first-order chi connectivity index (χ1) is 14.8. The van der Waals surface area contributed by atoms with Crippen molar-refractivity contribution in [2.75, 3.05) is 12.9 Å². The molecule has 0 amide bonds. The van der Waals surface area contributed by atoms with E-state index in [0.717, 1.165) is 5.56 Å². The number of allylic oxidation sites excluding steroid dienone is 4. The highest BCUT2D eigenvalue weighted by molar-refractivity contribution is 7.99. The van der Waals surface area contributed by atoms with E-state index in [9.17, 15) is 4.79 Å². The van der Waals surface area contributed by atoms with E-state index >= 15 is 0 Å².